The van der Waals surface area contributed by atoms with Crippen LogP contribution in [0.25, 0.3) is 11.0 Å². The van der Waals surface area contributed by atoms with Gasteiger partial charge in [-0.1, -0.05) is 30.3 Å². The standard InChI is InChI=1S/C19H21N5O/c20-12-19(14-4-2-1-3-5-14)7-10-24(11-8-19)18(25)16-15-6-9-21-17(15)23-13-22-16/h1-6,9,13H,7-8,10-12,20H2,(H,21,22,23). The highest BCUT2D eigenvalue weighted by molar-refractivity contribution is 6.03. The molecule has 4 rings (SSSR count). The lowest BCUT2D eigenvalue weighted by molar-refractivity contribution is 0.0666. The summed E-state index contributed by atoms with van der Waals surface area (Å²) >= 11 is 0. The van der Waals surface area contributed by atoms with E-state index in [4.69, 9.17) is 5.73 Å². The molecule has 0 atom stereocenters. The Hall–Kier alpha value is -2.73. The van der Waals surface area contributed by atoms with Gasteiger partial charge in [0.05, 0.1) is 5.39 Å². The average Bonchev–Trinajstić information content (AvgIpc) is 3.17. The summed E-state index contributed by atoms with van der Waals surface area (Å²) in [4.78, 5) is 26.2. The molecule has 0 aliphatic carbocycles. The number of nitrogens with one attached hydrogen (secondary N) is 1. The van der Waals surface area contributed by atoms with E-state index in [0.717, 1.165) is 18.2 Å². The highest BCUT2D eigenvalue weighted by Crippen LogP contribution is 2.35. The topological polar surface area (TPSA) is 87.9 Å². The Morgan fingerprint density at radius 3 is 2.64 bits per heavy atom. The van der Waals surface area contributed by atoms with Gasteiger partial charge in [0.2, 0.25) is 0 Å². The minimum Gasteiger partial charge on any atom is -0.346 e. The number of H-pyrrole nitrogens is 1. The van der Waals surface area contributed by atoms with Crippen LogP contribution >= 0.6 is 0 Å². The number of carbonyl (C=O) groups excluding carboxylic acids is 1. The number of nitrogens with zero attached hydrogens (tertiary/aromatic N) is 3. The van der Waals surface area contributed by atoms with E-state index in [9.17, 15) is 4.79 Å². The molecule has 0 spiro atoms. The SMILES string of the molecule is NCC1(c2ccccc2)CCN(C(=O)c2ncnc3[nH]ccc23)CC1. The van der Waals surface area contributed by atoms with Crippen LogP contribution in [0.2, 0.25) is 0 Å². The minimum atomic E-state index is -0.0485. The summed E-state index contributed by atoms with van der Waals surface area (Å²) < 4.78 is 0. The number of hydrogen-bond donors (Lipinski definition) is 2. The zero-order chi connectivity index (χ0) is 17.3. The van der Waals surface area contributed by atoms with E-state index in [0.29, 0.717) is 31.0 Å². The lowest BCUT2D eigenvalue weighted by Crippen LogP contribution is -2.48. The van der Waals surface area contributed by atoms with Crippen molar-refractivity contribution >= 4 is 16.9 Å². The van der Waals surface area contributed by atoms with E-state index < -0.39 is 0 Å². The Morgan fingerprint density at radius 2 is 1.92 bits per heavy atom. The second kappa shape index (κ2) is 6.29. The Balaban J connectivity index is 1.55. The van der Waals surface area contributed by atoms with Crippen molar-refractivity contribution in [3.63, 3.8) is 0 Å². The van der Waals surface area contributed by atoms with E-state index in [2.05, 4.69) is 27.1 Å². The third-order valence-electron chi connectivity index (χ3n) is 5.34. The van der Waals surface area contributed by atoms with Gasteiger partial charge in [0.15, 0.2) is 0 Å². The summed E-state index contributed by atoms with van der Waals surface area (Å²) in [5, 5.41) is 0.770. The molecule has 0 saturated carbocycles. The van der Waals surface area contributed by atoms with Crippen molar-refractivity contribution in [2.45, 2.75) is 18.3 Å². The van der Waals surface area contributed by atoms with Gasteiger partial charge in [0.1, 0.15) is 17.7 Å². The average molecular weight is 335 g/mol. The molecule has 128 valence electrons. The van der Waals surface area contributed by atoms with Crippen LogP contribution in [0, 0.1) is 0 Å². The van der Waals surface area contributed by atoms with Gasteiger partial charge in [-0.05, 0) is 24.5 Å². The molecule has 6 nitrogen and oxygen atoms in total. The number of piperidine rings is 1. The summed E-state index contributed by atoms with van der Waals surface area (Å²) in [5.74, 6) is -0.0364. The summed E-state index contributed by atoms with van der Waals surface area (Å²) in [6.07, 6.45) is 4.94. The lowest BCUT2D eigenvalue weighted by atomic mass is 9.73. The third kappa shape index (κ3) is 2.68. The predicted octanol–water partition coefficient (Wildman–Crippen LogP) is 2.09. The number of aromatic nitrogens is 3. The Kier molecular flexibility index (Phi) is 3.97. The summed E-state index contributed by atoms with van der Waals surface area (Å²) in [6.45, 7) is 1.95. The predicted molar refractivity (Wildman–Crippen MR) is 96.2 cm³/mol. The van der Waals surface area contributed by atoms with Crippen LogP contribution in [0.15, 0.2) is 48.9 Å². The van der Waals surface area contributed by atoms with Gasteiger partial charge in [-0.3, -0.25) is 4.79 Å². The van der Waals surface area contributed by atoms with E-state index in [-0.39, 0.29) is 11.3 Å². The Morgan fingerprint density at radius 1 is 1.16 bits per heavy atom. The molecule has 2 aromatic heterocycles. The number of fused-ring (bicyclic) bond motifs is 1. The molecule has 3 aromatic rings. The highest BCUT2D eigenvalue weighted by atomic mass is 16.2. The molecule has 3 N–H and O–H groups in total. The van der Waals surface area contributed by atoms with Crippen LogP contribution in [-0.4, -0.2) is 45.4 Å². The van der Waals surface area contributed by atoms with Gasteiger partial charge in [-0.15, -0.1) is 0 Å². The molecule has 0 unspecified atom stereocenters. The van der Waals surface area contributed by atoms with Crippen molar-refractivity contribution in [1.29, 1.82) is 0 Å². The third-order valence-corrected chi connectivity index (χ3v) is 5.34. The van der Waals surface area contributed by atoms with E-state index in [1.165, 1.54) is 11.9 Å². The van der Waals surface area contributed by atoms with Crippen LogP contribution in [-0.2, 0) is 5.41 Å². The summed E-state index contributed by atoms with van der Waals surface area (Å²) in [7, 11) is 0. The molecule has 1 amide bonds. The normalized spacial score (nSPS) is 16.9. The fourth-order valence-corrected chi connectivity index (χ4v) is 3.73. The molecular formula is C19H21N5O. The number of amides is 1. The van der Waals surface area contributed by atoms with Gasteiger partial charge in [-0.25, -0.2) is 9.97 Å². The molecule has 1 aromatic carbocycles. The molecule has 1 saturated heterocycles. The first-order valence-corrected chi connectivity index (χ1v) is 8.56. The van der Waals surface area contributed by atoms with Crippen LogP contribution in [0.4, 0.5) is 0 Å². The molecule has 3 heterocycles. The minimum absolute atomic E-state index is 0.0364. The zero-order valence-corrected chi connectivity index (χ0v) is 14.0. The monoisotopic (exact) mass is 335 g/mol. The molecule has 6 heteroatoms. The smallest absolute Gasteiger partial charge is 0.273 e. The van der Waals surface area contributed by atoms with Crippen molar-refractivity contribution < 1.29 is 4.79 Å². The van der Waals surface area contributed by atoms with Crippen LogP contribution in [0.5, 0.6) is 0 Å². The molecule has 0 bridgehead atoms. The molecule has 25 heavy (non-hydrogen) atoms. The first kappa shape index (κ1) is 15.8. The van der Waals surface area contributed by atoms with Gasteiger partial charge >= 0.3 is 0 Å². The number of rotatable bonds is 3. The van der Waals surface area contributed by atoms with Crippen LogP contribution in [0.1, 0.15) is 28.9 Å². The number of carbonyl (C=O) groups is 1. The largest absolute Gasteiger partial charge is 0.346 e. The van der Waals surface area contributed by atoms with Crippen molar-refractivity contribution in [2.75, 3.05) is 19.6 Å². The first-order valence-electron chi connectivity index (χ1n) is 8.56. The van der Waals surface area contributed by atoms with E-state index in [1.54, 1.807) is 6.20 Å². The van der Waals surface area contributed by atoms with E-state index >= 15 is 0 Å². The van der Waals surface area contributed by atoms with Crippen molar-refractivity contribution in [1.82, 2.24) is 19.9 Å². The quantitative estimate of drug-likeness (QED) is 0.767. The number of hydrogen-bond acceptors (Lipinski definition) is 4. The van der Waals surface area contributed by atoms with Crippen molar-refractivity contribution in [2.24, 2.45) is 5.73 Å². The Bertz CT molecular complexity index is 881. The van der Waals surface area contributed by atoms with Gasteiger partial charge in [0, 0.05) is 31.2 Å². The molecule has 1 aliphatic heterocycles. The summed E-state index contributed by atoms with van der Waals surface area (Å²) in [5.41, 5.74) is 8.51. The lowest BCUT2D eigenvalue weighted by Gasteiger charge is -2.41. The molecular weight excluding hydrogens is 314 g/mol. The van der Waals surface area contributed by atoms with Gasteiger partial charge < -0.3 is 15.6 Å². The van der Waals surface area contributed by atoms with Gasteiger partial charge in [0.25, 0.3) is 5.91 Å². The fraction of sp³-hybridized carbons (Fsp3) is 0.316. The first-order chi connectivity index (χ1) is 12.2. The molecule has 1 fully saturated rings. The Labute approximate surface area is 146 Å². The highest BCUT2D eigenvalue weighted by Gasteiger charge is 2.36. The van der Waals surface area contributed by atoms with Crippen LogP contribution in [0.3, 0.4) is 0 Å². The fourth-order valence-electron chi connectivity index (χ4n) is 3.73. The zero-order valence-electron chi connectivity index (χ0n) is 14.0. The molecule has 0 radical (unpaired) electrons. The van der Waals surface area contributed by atoms with E-state index in [1.807, 2.05) is 29.2 Å². The summed E-state index contributed by atoms with van der Waals surface area (Å²) in [6, 6.07) is 12.2. The number of likely N-dealkylation sites (tertiary alicyclic amines) is 1. The second-order valence-electron chi connectivity index (χ2n) is 6.60. The van der Waals surface area contributed by atoms with Crippen molar-refractivity contribution in [3.05, 3.63) is 60.2 Å². The maximum Gasteiger partial charge on any atom is 0.273 e. The second-order valence-corrected chi connectivity index (χ2v) is 6.60. The number of aromatic amines is 1. The molecule has 1 aliphatic rings. The number of nitrogens with two attached hydrogens (primary N) is 1. The maximum absolute atomic E-state index is 12.9. The van der Waals surface area contributed by atoms with Gasteiger partial charge in [-0.2, -0.15) is 0 Å². The maximum atomic E-state index is 12.9. The van der Waals surface area contributed by atoms with Crippen LogP contribution < -0.4 is 5.73 Å². The number of benzene rings is 1. The van der Waals surface area contributed by atoms with Crippen molar-refractivity contribution in [3.8, 4) is 0 Å².